The van der Waals surface area contributed by atoms with E-state index in [-0.39, 0.29) is 17.0 Å². The Morgan fingerprint density at radius 2 is 2.09 bits per heavy atom. The zero-order valence-electron chi connectivity index (χ0n) is 18.2. The number of hydrogen-bond acceptors (Lipinski definition) is 7. The first-order valence-corrected chi connectivity index (χ1v) is 10.9. The van der Waals surface area contributed by atoms with Gasteiger partial charge in [0, 0.05) is 44.1 Å². The van der Waals surface area contributed by atoms with Crippen molar-refractivity contribution in [2.45, 2.75) is 32.4 Å². The first kappa shape index (κ1) is 20.7. The van der Waals surface area contributed by atoms with Crippen LogP contribution < -0.4 is 5.56 Å². The topological polar surface area (TPSA) is 102 Å². The van der Waals surface area contributed by atoms with Crippen LogP contribution in [0.4, 0.5) is 0 Å². The zero-order chi connectivity index (χ0) is 22.1. The van der Waals surface area contributed by atoms with Crippen LogP contribution in [0.25, 0.3) is 17.1 Å². The van der Waals surface area contributed by atoms with Gasteiger partial charge in [-0.3, -0.25) is 9.69 Å². The number of likely N-dealkylation sites (tertiary alicyclic amines) is 1. The minimum absolute atomic E-state index is 0.173. The van der Waals surface area contributed by atoms with Gasteiger partial charge >= 0.3 is 0 Å². The molecule has 3 aromatic rings. The van der Waals surface area contributed by atoms with Gasteiger partial charge in [0.15, 0.2) is 5.65 Å². The third-order valence-corrected chi connectivity index (χ3v) is 6.44. The number of nitrogens with zero attached hydrogens (tertiary/aromatic N) is 6. The van der Waals surface area contributed by atoms with Crippen LogP contribution in [-0.2, 0) is 11.3 Å². The molecule has 2 aliphatic rings. The summed E-state index contributed by atoms with van der Waals surface area (Å²) in [5.41, 5.74) is 1.36. The SMILES string of the molecule is C=C[C@@]1(C)CN(Cc2ncccn2)C/C1=C/c1nc2c(cnn2C2CCOCC2)c(=O)[nH]1. The monoisotopic (exact) mass is 433 g/mol. The molecule has 0 aromatic carbocycles. The zero-order valence-corrected chi connectivity index (χ0v) is 18.2. The molecule has 2 fully saturated rings. The summed E-state index contributed by atoms with van der Waals surface area (Å²) in [5.74, 6) is 1.32. The highest BCUT2D eigenvalue weighted by Gasteiger charge is 2.36. The number of ether oxygens (including phenoxy) is 1. The van der Waals surface area contributed by atoms with E-state index < -0.39 is 0 Å². The molecule has 2 saturated heterocycles. The molecule has 166 valence electrons. The number of fused-ring (bicyclic) bond motifs is 1. The molecular weight excluding hydrogens is 406 g/mol. The van der Waals surface area contributed by atoms with Crippen LogP contribution in [0.3, 0.4) is 0 Å². The summed E-state index contributed by atoms with van der Waals surface area (Å²) in [7, 11) is 0. The quantitative estimate of drug-likeness (QED) is 0.616. The maximum atomic E-state index is 12.8. The molecule has 3 aromatic heterocycles. The maximum Gasteiger partial charge on any atom is 0.262 e. The Kier molecular flexibility index (Phi) is 5.44. The molecule has 2 aliphatic heterocycles. The van der Waals surface area contributed by atoms with Crippen LogP contribution in [0.5, 0.6) is 0 Å². The van der Waals surface area contributed by atoms with Gasteiger partial charge in [-0.25, -0.2) is 19.6 Å². The van der Waals surface area contributed by atoms with Crippen LogP contribution >= 0.6 is 0 Å². The number of aromatic nitrogens is 6. The summed E-state index contributed by atoms with van der Waals surface area (Å²) in [6.07, 6.45) is 10.8. The Morgan fingerprint density at radius 1 is 1.31 bits per heavy atom. The van der Waals surface area contributed by atoms with Crippen molar-refractivity contribution < 1.29 is 4.74 Å². The molecule has 0 amide bonds. The van der Waals surface area contributed by atoms with Gasteiger partial charge < -0.3 is 9.72 Å². The lowest BCUT2D eigenvalue weighted by molar-refractivity contribution is 0.0673. The number of H-pyrrole nitrogens is 1. The largest absolute Gasteiger partial charge is 0.381 e. The Labute approximate surface area is 185 Å². The third kappa shape index (κ3) is 3.89. The van der Waals surface area contributed by atoms with Gasteiger partial charge in [0.25, 0.3) is 5.56 Å². The van der Waals surface area contributed by atoms with Gasteiger partial charge in [0.2, 0.25) is 0 Å². The maximum absolute atomic E-state index is 12.8. The number of nitrogens with one attached hydrogen (secondary N) is 1. The normalized spacial score (nSPS) is 23.8. The molecule has 0 unspecified atom stereocenters. The molecular formula is C23H27N7O2. The summed E-state index contributed by atoms with van der Waals surface area (Å²) in [4.78, 5) is 31.4. The summed E-state index contributed by atoms with van der Waals surface area (Å²) < 4.78 is 7.36. The van der Waals surface area contributed by atoms with Crippen LogP contribution in [0.1, 0.15) is 37.5 Å². The van der Waals surface area contributed by atoms with Crippen LogP contribution in [-0.4, -0.2) is 60.9 Å². The van der Waals surface area contributed by atoms with E-state index in [1.807, 2.05) is 22.9 Å². The molecule has 0 aliphatic carbocycles. The Balaban J connectivity index is 1.48. The second kappa shape index (κ2) is 8.40. The average molecular weight is 434 g/mol. The summed E-state index contributed by atoms with van der Waals surface area (Å²) >= 11 is 0. The molecule has 0 bridgehead atoms. The summed E-state index contributed by atoms with van der Waals surface area (Å²) in [5, 5.41) is 4.99. The van der Waals surface area contributed by atoms with Gasteiger partial charge in [-0.1, -0.05) is 13.0 Å². The van der Waals surface area contributed by atoms with Gasteiger partial charge in [0.05, 0.1) is 18.8 Å². The van der Waals surface area contributed by atoms with Crippen LogP contribution in [0.15, 0.2) is 47.7 Å². The molecule has 0 saturated carbocycles. The van der Waals surface area contributed by atoms with E-state index in [1.165, 1.54) is 0 Å². The lowest BCUT2D eigenvalue weighted by atomic mass is 9.85. The lowest BCUT2D eigenvalue weighted by Gasteiger charge is -2.22. The van der Waals surface area contributed by atoms with Gasteiger partial charge in [-0.15, -0.1) is 6.58 Å². The van der Waals surface area contributed by atoms with E-state index in [0.29, 0.717) is 36.6 Å². The first-order chi connectivity index (χ1) is 15.6. The number of aromatic amines is 1. The second-order valence-electron chi connectivity index (χ2n) is 8.72. The van der Waals surface area contributed by atoms with E-state index in [2.05, 4.69) is 38.5 Å². The van der Waals surface area contributed by atoms with E-state index in [1.54, 1.807) is 18.6 Å². The van der Waals surface area contributed by atoms with Crippen molar-refractivity contribution in [3.8, 4) is 0 Å². The van der Waals surface area contributed by atoms with Crippen molar-refractivity contribution in [3.05, 3.63) is 64.9 Å². The van der Waals surface area contributed by atoms with Crippen molar-refractivity contribution in [1.29, 1.82) is 0 Å². The van der Waals surface area contributed by atoms with Gasteiger partial charge in [-0.05, 0) is 30.6 Å². The highest BCUT2D eigenvalue weighted by molar-refractivity contribution is 5.74. The minimum atomic E-state index is -0.233. The molecule has 32 heavy (non-hydrogen) atoms. The van der Waals surface area contributed by atoms with Gasteiger partial charge in [-0.2, -0.15) is 5.10 Å². The van der Waals surface area contributed by atoms with Crippen molar-refractivity contribution in [2.75, 3.05) is 26.3 Å². The lowest BCUT2D eigenvalue weighted by Crippen LogP contribution is -2.24. The fraction of sp³-hybridized carbons (Fsp3) is 0.435. The van der Waals surface area contributed by atoms with Crippen molar-refractivity contribution in [2.24, 2.45) is 5.41 Å². The number of hydrogen-bond donors (Lipinski definition) is 1. The molecule has 9 heteroatoms. The van der Waals surface area contributed by atoms with E-state index >= 15 is 0 Å². The highest BCUT2D eigenvalue weighted by atomic mass is 16.5. The summed E-state index contributed by atoms with van der Waals surface area (Å²) in [6, 6.07) is 2.01. The van der Waals surface area contributed by atoms with E-state index in [9.17, 15) is 4.79 Å². The Bertz CT molecular complexity index is 1210. The third-order valence-electron chi connectivity index (χ3n) is 6.44. The average Bonchev–Trinajstić information content (AvgIpc) is 3.37. The Hall–Kier alpha value is -3.17. The van der Waals surface area contributed by atoms with Crippen molar-refractivity contribution in [1.82, 2.24) is 34.6 Å². The van der Waals surface area contributed by atoms with Crippen molar-refractivity contribution >= 4 is 17.1 Å². The highest BCUT2D eigenvalue weighted by Crippen LogP contribution is 2.37. The predicted octanol–water partition coefficient (Wildman–Crippen LogP) is 2.35. The van der Waals surface area contributed by atoms with E-state index in [4.69, 9.17) is 9.72 Å². The molecule has 9 nitrogen and oxygen atoms in total. The summed E-state index contributed by atoms with van der Waals surface area (Å²) in [6.45, 7) is 9.79. The molecule has 1 atom stereocenters. The fourth-order valence-electron chi connectivity index (χ4n) is 4.56. The number of rotatable bonds is 5. The van der Waals surface area contributed by atoms with Gasteiger partial charge in [0.1, 0.15) is 17.0 Å². The van der Waals surface area contributed by atoms with Crippen LogP contribution in [0.2, 0.25) is 0 Å². The Morgan fingerprint density at radius 3 is 2.84 bits per heavy atom. The molecule has 0 spiro atoms. The second-order valence-corrected chi connectivity index (χ2v) is 8.72. The van der Waals surface area contributed by atoms with E-state index in [0.717, 1.165) is 37.3 Å². The standard InChI is InChI=1S/C23H27N7O2/c1-3-23(2)15-29(14-20-24-7-4-8-25-20)13-16(23)11-19-27-21-18(22(31)28-19)12-26-30(21)17-5-9-32-10-6-17/h3-4,7-8,11-12,17H,1,5-6,9-10,13-15H2,2H3,(H,27,28,31)/b16-11-/t23-/m0/s1. The minimum Gasteiger partial charge on any atom is -0.381 e. The molecule has 0 radical (unpaired) electrons. The molecule has 5 heterocycles. The molecule has 5 rings (SSSR count). The first-order valence-electron chi connectivity index (χ1n) is 10.9. The molecule has 1 N–H and O–H groups in total. The predicted molar refractivity (Wildman–Crippen MR) is 121 cm³/mol. The fourth-order valence-corrected chi connectivity index (χ4v) is 4.56. The van der Waals surface area contributed by atoms with Crippen molar-refractivity contribution in [3.63, 3.8) is 0 Å². The van der Waals surface area contributed by atoms with Crippen LogP contribution in [0, 0.1) is 5.41 Å². The smallest absolute Gasteiger partial charge is 0.262 e.